The van der Waals surface area contributed by atoms with Gasteiger partial charge < -0.3 is 39.9 Å². The van der Waals surface area contributed by atoms with Crippen molar-refractivity contribution in [3.05, 3.63) is 71.6 Å². The number of amides is 4. The molecule has 312 valence electrons. The van der Waals surface area contributed by atoms with Crippen molar-refractivity contribution in [2.45, 2.75) is 115 Å². The van der Waals surface area contributed by atoms with Crippen LogP contribution in [0.25, 0.3) is 33.6 Å². The standard InChI is InChI=1S/C45H56N8O6/c1-27(48-43(56)58-3)41(54)52-21-9-5-11-37(52)39-46-25-35(50-39)30-15-13-29(14-16-30)31-17-18-32(34-24-45(23-33(31)34)19-7-8-20-45)36-26-47-40(51-36)38-12-6-10-22-53(38)42(55)28(2)49-44(57)59-4/h13-18,25-28,37-38H,5-12,19-24H2,1-4H3,(H,46,50)(H,47,51)(H,48,56)(H,49,57). The molecule has 0 radical (unpaired) electrons. The van der Waals surface area contributed by atoms with Gasteiger partial charge in [-0.2, -0.15) is 0 Å². The van der Waals surface area contributed by atoms with Crippen LogP contribution in [0.4, 0.5) is 9.59 Å². The number of nitrogens with one attached hydrogen (secondary N) is 4. The summed E-state index contributed by atoms with van der Waals surface area (Å²) in [5.41, 5.74) is 9.53. The number of likely N-dealkylation sites (tertiary alicyclic amines) is 2. The summed E-state index contributed by atoms with van der Waals surface area (Å²) in [6, 6.07) is 11.3. The van der Waals surface area contributed by atoms with Crippen molar-refractivity contribution in [2.75, 3.05) is 27.3 Å². The Hall–Kier alpha value is -5.66. The minimum atomic E-state index is -0.709. The number of aromatic nitrogens is 4. The summed E-state index contributed by atoms with van der Waals surface area (Å²) < 4.78 is 9.44. The van der Waals surface area contributed by atoms with E-state index in [0.29, 0.717) is 13.1 Å². The van der Waals surface area contributed by atoms with Gasteiger partial charge in [-0.1, -0.05) is 49.2 Å². The SMILES string of the molecule is COC(=O)NC(C)C(=O)N1CCCCC1c1ncc(-c2ccc(-c3ccc(-c4cnc(C5CCCCN5C(=O)C(C)NC(=O)OC)[nH]4)c4c3CC3(CCCC3)C4)cc2)[nH]1. The molecule has 2 aliphatic heterocycles. The van der Waals surface area contributed by atoms with E-state index in [1.165, 1.54) is 67.7 Å². The van der Waals surface area contributed by atoms with Gasteiger partial charge in [-0.15, -0.1) is 0 Å². The lowest BCUT2D eigenvalue weighted by Gasteiger charge is -2.36. The third kappa shape index (κ3) is 8.05. The molecule has 4 N–H and O–H groups in total. The van der Waals surface area contributed by atoms with Gasteiger partial charge in [-0.25, -0.2) is 19.6 Å². The van der Waals surface area contributed by atoms with Crippen LogP contribution in [-0.2, 0) is 31.9 Å². The fourth-order valence-corrected chi connectivity index (χ4v) is 10.1. The van der Waals surface area contributed by atoms with Crippen LogP contribution < -0.4 is 10.6 Å². The van der Waals surface area contributed by atoms with E-state index in [4.69, 9.17) is 19.4 Å². The van der Waals surface area contributed by atoms with Crippen LogP contribution in [0.1, 0.15) is 113 Å². The Balaban J connectivity index is 1.04. The van der Waals surface area contributed by atoms with E-state index in [-0.39, 0.29) is 29.3 Å². The molecule has 2 saturated heterocycles. The van der Waals surface area contributed by atoms with Crippen LogP contribution in [0.2, 0.25) is 0 Å². The molecule has 1 saturated carbocycles. The molecule has 4 unspecified atom stereocenters. The summed E-state index contributed by atoms with van der Waals surface area (Å²) in [6.45, 7) is 4.58. The molecule has 2 aromatic carbocycles. The van der Waals surface area contributed by atoms with Crippen molar-refractivity contribution in [2.24, 2.45) is 5.41 Å². The molecule has 4 aromatic rings. The number of imidazole rings is 2. The normalized spacial score (nSPS) is 20.8. The highest BCUT2D eigenvalue weighted by atomic mass is 16.5. The third-order valence-electron chi connectivity index (χ3n) is 13.2. The summed E-state index contributed by atoms with van der Waals surface area (Å²) in [5, 5.41) is 5.23. The number of fused-ring (bicyclic) bond motifs is 1. The largest absolute Gasteiger partial charge is 0.453 e. The zero-order valence-electron chi connectivity index (χ0n) is 34.6. The quantitative estimate of drug-likeness (QED) is 0.136. The smallest absolute Gasteiger partial charge is 0.407 e. The molecule has 14 nitrogen and oxygen atoms in total. The number of methoxy groups -OCH3 is 2. The molecule has 4 aliphatic rings. The highest BCUT2D eigenvalue weighted by Gasteiger charge is 2.42. The Labute approximate surface area is 345 Å². The number of carbonyl (C=O) groups is 4. The molecule has 8 rings (SSSR count). The van der Waals surface area contributed by atoms with Gasteiger partial charge in [-0.3, -0.25) is 9.59 Å². The van der Waals surface area contributed by atoms with Crippen molar-refractivity contribution < 1.29 is 28.7 Å². The summed E-state index contributed by atoms with van der Waals surface area (Å²) in [6.07, 6.45) is 15.0. The molecule has 4 atom stereocenters. The Morgan fingerprint density at radius 1 is 0.661 bits per heavy atom. The predicted molar refractivity (Wildman–Crippen MR) is 222 cm³/mol. The minimum absolute atomic E-state index is 0.144. The van der Waals surface area contributed by atoms with Crippen molar-refractivity contribution in [3.63, 3.8) is 0 Å². The average molecular weight is 805 g/mol. The molecule has 2 aliphatic carbocycles. The number of benzene rings is 2. The van der Waals surface area contributed by atoms with Crippen molar-refractivity contribution in [3.8, 4) is 33.6 Å². The highest BCUT2D eigenvalue weighted by molar-refractivity contribution is 5.86. The van der Waals surface area contributed by atoms with Crippen LogP contribution in [0.3, 0.4) is 0 Å². The number of carbonyl (C=O) groups excluding carboxylic acids is 4. The van der Waals surface area contributed by atoms with Crippen molar-refractivity contribution >= 4 is 24.0 Å². The summed E-state index contributed by atoms with van der Waals surface area (Å²) in [5.74, 6) is 1.22. The van der Waals surface area contributed by atoms with E-state index in [1.807, 2.05) is 22.2 Å². The van der Waals surface area contributed by atoms with Gasteiger partial charge >= 0.3 is 12.2 Å². The van der Waals surface area contributed by atoms with Gasteiger partial charge in [0.25, 0.3) is 0 Å². The Morgan fingerprint density at radius 3 is 1.68 bits per heavy atom. The van der Waals surface area contributed by atoms with Crippen LogP contribution in [0, 0.1) is 5.41 Å². The minimum Gasteiger partial charge on any atom is -0.453 e. The summed E-state index contributed by atoms with van der Waals surface area (Å²) >= 11 is 0. The number of hydrogen-bond donors (Lipinski definition) is 4. The molecule has 14 heteroatoms. The highest BCUT2D eigenvalue weighted by Crippen LogP contribution is 2.53. The van der Waals surface area contributed by atoms with Gasteiger partial charge in [-0.05, 0) is 111 Å². The second kappa shape index (κ2) is 16.9. The second-order valence-corrected chi connectivity index (χ2v) is 16.9. The molecule has 0 bridgehead atoms. The molecular formula is C45H56N8O6. The molecular weight excluding hydrogens is 749 g/mol. The van der Waals surface area contributed by atoms with Crippen LogP contribution >= 0.6 is 0 Å². The summed E-state index contributed by atoms with van der Waals surface area (Å²) in [4.78, 5) is 71.0. The number of hydrogen-bond acceptors (Lipinski definition) is 8. The third-order valence-corrected chi connectivity index (χ3v) is 13.2. The van der Waals surface area contributed by atoms with E-state index in [1.54, 1.807) is 13.8 Å². The Morgan fingerprint density at radius 2 is 1.14 bits per heavy atom. The van der Waals surface area contributed by atoms with E-state index in [9.17, 15) is 19.2 Å². The van der Waals surface area contributed by atoms with Crippen LogP contribution in [0.15, 0.2) is 48.8 Å². The molecule has 59 heavy (non-hydrogen) atoms. The lowest BCUT2D eigenvalue weighted by molar-refractivity contribution is -0.137. The molecule has 1 spiro atoms. The van der Waals surface area contributed by atoms with E-state index in [2.05, 4.69) is 57.0 Å². The monoisotopic (exact) mass is 804 g/mol. The first-order valence-electron chi connectivity index (χ1n) is 21.2. The predicted octanol–water partition coefficient (Wildman–Crippen LogP) is 7.39. The Bertz CT molecular complexity index is 2190. The maximum Gasteiger partial charge on any atom is 0.407 e. The molecule has 4 amide bonds. The van der Waals surface area contributed by atoms with Crippen molar-refractivity contribution in [1.29, 1.82) is 0 Å². The van der Waals surface area contributed by atoms with Crippen LogP contribution in [-0.4, -0.2) is 93.1 Å². The topological polar surface area (TPSA) is 175 Å². The number of aromatic amines is 2. The van der Waals surface area contributed by atoms with Gasteiger partial charge in [0.2, 0.25) is 11.8 Å². The number of nitrogens with zero attached hydrogens (tertiary/aromatic N) is 4. The maximum absolute atomic E-state index is 13.5. The second-order valence-electron chi connectivity index (χ2n) is 16.9. The first kappa shape index (κ1) is 40.1. The van der Waals surface area contributed by atoms with Gasteiger partial charge in [0.05, 0.1) is 50.1 Å². The fraction of sp³-hybridized carbons (Fsp3) is 0.511. The van der Waals surface area contributed by atoms with E-state index in [0.717, 1.165) is 80.0 Å². The summed E-state index contributed by atoms with van der Waals surface area (Å²) in [7, 11) is 2.58. The van der Waals surface area contributed by atoms with Gasteiger partial charge in [0.15, 0.2) is 0 Å². The first-order chi connectivity index (χ1) is 28.6. The number of rotatable bonds is 9. The van der Waals surface area contributed by atoms with Gasteiger partial charge in [0, 0.05) is 18.7 Å². The first-order valence-corrected chi connectivity index (χ1v) is 21.2. The molecule has 4 heterocycles. The zero-order valence-corrected chi connectivity index (χ0v) is 34.6. The molecule has 2 aromatic heterocycles. The number of ether oxygens (including phenoxy) is 2. The number of H-pyrrole nitrogens is 2. The van der Waals surface area contributed by atoms with E-state index < -0.39 is 24.3 Å². The lowest BCUT2D eigenvalue weighted by Crippen LogP contribution is -2.49. The van der Waals surface area contributed by atoms with Crippen LogP contribution in [0.5, 0.6) is 0 Å². The number of piperidine rings is 2. The lowest BCUT2D eigenvalue weighted by atomic mass is 9.82. The fourth-order valence-electron chi connectivity index (χ4n) is 10.1. The molecule has 3 fully saturated rings. The van der Waals surface area contributed by atoms with Crippen molar-refractivity contribution in [1.82, 2.24) is 40.4 Å². The van der Waals surface area contributed by atoms with Gasteiger partial charge in [0.1, 0.15) is 23.7 Å². The number of alkyl carbamates (subject to hydrolysis) is 2. The Kier molecular flexibility index (Phi) is 11.5. The zero-order chi connectivity index (χ0) is 41.3. The maximum atomic E-state index is 13.5. The van der Waals surface area contributed by atoms with E-state index >= 15 is 0 Å². The average Bonchev–Trinajstić information content (AvgIpc) is 4.11.